The number of benzene rings is 1. The van der Waals surface area contributed by atoms with Crippen LogP contribution in [0.1, 0.15) is 35.2 Å². The number of nitrogens with two attached hydrogens (primary N) is 1. The summed E-state index contributed by atoms with van der Waals surface area (Å²) in [7, 11) is 0. The van der Waals surface area contributed by atoms with Crippen LogP contribution in [-0.2, 0) is 4.79 Å². The highest BCUT2D eigenvalue weighted by molar-refractivity contribution is 5.94. The number of aryl methyl sites for hydroxylation is 1. The van der Waals surface area contributed by atoms with E-state index in [9.17, 15) is 9.59 Å². The van der Waals surface area contributed by atoms with Crippen molar-refractivity contribution in [2.24, 2.45) is 11.7 Å². The van der Waals surface area contributed by atoms with Gasteiger partial charge in [0.15, 0.2) is 0 Å². The molecule has 0 radical (unpaired) electrons. The summed E-state index contributed by atoms with van der Waals surface area (Å²) >= 11 is 0. The van der Waals surface area contributed by atoms with Crippen LogP contribution < -0.4 is 10.6 Å². The zero-order valence-corrected chi connectivity index (χ0v) is 11.6. The molecule has 1 aromatic carbocycles. The summed E-state index contributed by atoms with van der Waals surface area (Å²) in [5.74, 6) is -0.706. The Balaban J connectivity index is 2.01. The third-order valence-electron chi connectivity index (χ3n) is 3.89. The maximum absolute atomic E-state index is 11.2. The number of carbonyl (C=O) groups is 2. The predicted molar refractivity (Wildman–Crippen MR) is 76.9 cm³/mol. The van der Waals surface area contributed by atoms with Gasteiger partial charge in [0.1, 0.15) is 0 Å². The number of primary amides is 1. The second kappa shape index (κ2) is 5.94. The number of amides is 1. The highest BCUT2D eigenvalue weighted by Crippen LogP contribution is 2.27. The number of carboxylic acids is 1. The van der Waals surface area contributed by atoms with Gasteiger partial charge in [0, 0.05) is 30.8 Å². The van der Waals surface area contributed by atoms with Gasteiger partial charge in [-0.3, -0.25) is 9.59 Å². The zero-order valence-electron chi connectivity index (χ0n) is 11.6. The lowest BCUT2D eigenvalue weighted by Crippen LogP contribution is -2.20. The van der Waals surface area contributed by atoms with Gasteiger partial charge >= 0.3 is 5.97 Å². The molecule has 1 aromatic rings. The molecule has 5 nitrogen and oxygen atoms in total. The van der Waals surface area contributed by atoms with Crippen LogP contribution in [0.15, 0.2) is 18.2 Å². The number of carboxylic acid groups (broad SMARTS) is 1. The fourth-order valence-electron chi connectivity index (χ4n) is 2.75. The molecular weight excluding hydrogens is 256 g/mol. The summed E-state index contributed by atoms with van der Waals surface area (Å²) in [6, 6.07) is 5.64. The van der Waals surface area contributed by atoms with E-state index in [0.29, 0.717) is 11.5 Å². The third kappa shape index (κ3) is 3.29. The standard InChI is InChI=1S/C15H20N2O3/c1-10-8-12(3-4-13(10)15(16)20)17-7-6-11(9-17)2-5-14(18)19/h3-4,8,11H,2,5-7,9H2,1H3,(H2,16,20)(H,18,19). The van der Waals surface area contributed by atoms with Crippen LogP contribution in [0.5, 0.6) is 0 Å². The molecular formula is C15H20N2O3. The Kier molecular flexibility index (Phi) is 4.27. The molecule has 1 unspecified atom stereocenters. The van der Waals surface area contributed by atoms with Crippen molar-refractivity contribution in [3.8, 4) is 0 Å². The summed E-state index contributed by atoms with van der Waals surface area (Å²) in [6.45, 7) is 3.68. The highest BCUT2D eigenvalue weighted by atomic mass is 16.4. The molecule has 0 bridgehead atoms. The molecule has 20 heavy (non-hydrogen) atoms. The van der Waals surface area contributed by atoms with Crippen molar-refractivity contribution in [2.75, 3.05) is 18.0 Å². The van der Waals surface area contributed by atoms with Crippen molar-refractivity contribution in [1.82, 2.24) is 0 Å². The van der Waals surface area contributed by atoms with Crippen molar-refractivity contribution in [1.29, 1.82) is 0 Å². The molecule has 0 saturated carbocycles. The van der Waals surface area contributed by atoms with E-state index < -0.39 is 11.9 Å². The summed E-state index contributed by atoms with van der Waals surface area (Å²) in [5, 5.41) is 8.72. The zero-order chi connectivity index (χ0) is 14.7. The first kappa shape index (κ1) is 14.4. The smallest absolute Gasteiger partial charge is 0.303 e. The Hall–Kier alpha value is -2.04. The van der Waals surface area contributed by atoms with Gasteiger partial charge in [-0.05, 0) is 49.4 Å². The number of rotatable bonds is 5. The van der Waals surface area contributed by atoms with Crippen LogP contribution in [0.2, 0.25) is 0 Å². The Morgan fingerprint density at radius 3 is 2.80 bits per heavy atom. The molecule has 108 valence electrons. The van der Waals surface area contributed by atoms with E-state index in [1.54, 1.807) is 6.07 Å². The minimum Gasteiger partial charge on any atom is -0.481 e. The van der Waals surface area contributed by atoms with E-state index in [1.165, 1.54) is 0 Å². The van der Waals surface area contributed by atoms with Gasteiger partial charge in [0.05, 0.1) is 0 Å². The van der Waals surface area contributed by atoms with E-state index in [0.717, 1.165) is 37.2 Å². The number of hydrogen-bond donors (Lipinski definition) is 2. The largest absolute Gasteiger partial charge is 0.481 e. The molecule has 3 N–H and O–H groups in total. The summed E-state index contributed by atoms with van der Waals surface area (Å²) in [6.07, 6.45) is 1.98. The Labute approximate surface area is 118 Å². The maximum Gasteiger partial charge on any atom is 0.303 e. The van der Waals surface area contributed by atoms with Crippen molar-refractivity contribution < 1.29 is 14.7 Å². The van der Waals surface area contributed by atoms with Crippen molar-refractivity contribution in [2.45, 2.75) is 26.2 Å². The van der Waals surface area contributed by atoms with Gasteiger partial charge in [0.25, 0.3) is 0 Å². The minimum atomic E-state index is -0.731. The molecule has 1 aliphatic heterocycles. The lowest BCUT2D eigenvalue weighted by Gasteiger charge is -2.19. The highest BCUT2D eigenvalue weighted by Gasteiger charge is 2.23. The molecule has 5 heteroatoms. The van der Waals surface area contributed by atoms with Crippen molar-refractivity contribution in [3.63, 3.8) is 0 Å². The fraction of sp³-hybridized carbons (Fsp3) is 0.467. The van der Waals surface area contributed by atoms with E-state index in [2.05, 4.69) is 4.90 Å². The first-order valence-electron chi connectivity index (χ1n) is 6.84. The predicted octanol–water partition coefficient (Wildman–Crippen LogP) is 1.79. The first-order valence-corrected chi connectivity index (χ1v) is 6.84. The third-order valence-corrected chi connectivity index (χ3v) is 3.89. The fourth-order valence-corrected chi connectivity index (χ4v) is 2.75. The van der Waals surface area contributed by atoms with Gasteiger partial charge in [-0.25, -0.2) is 0 Å². The number of anilines is 1. The second-order valence-electron chi connectivity index (χ2n) is 5.40. The number of carbonyl (C=O) groups excluding carboxylic acids is 1. The quantitative estimate of drug-likeness (QED) is 0.858. The Morgan fingerprint density at radius 2 is 2.20 bits per heavy atom. The van der Waals surface area contributed by atoms with Crippen molar-refractivity contribution >= 4 is 17.6 Å². The van der Waals surface area contributed by atoms with Crippen LogP contribution in [0.25, 0.3) is 0 Å². The molecule has 0 aromatic heterocycles. The van der Waals surface area contributed by atoms with Gasteiger partial charge in [-0.1, -0.05) is 0 Å². The molecule has 1 aliphatic rings. The van der Waals surface area contributed by atoms with E-state index in [4.69, 9.17) is 10.8 Å². The van der Waals surface area contributed by atoms with Gasteiger partial charge in [-0.2, -0.15) is 0 Å². The monoisotopic (exact) mass is 276 g/mol. The molecule has 1 heterocycles. The van der Waals surface area contributed by atoms with E-state index in [1.807, 2.05) is 19.1 Å². The maximum atomic E-state index is 11.2. The topological polar surface area (TPSA) is 83.6 Å². The average Bonchev–Trinajstić information content (AvgIpc) is 2.84. The summed E-state index contributed by atoms with van der Waals surface area (Å²) < 4.78 is 0. The molecule has 1 atom stereocenters. The van der Waals surface area contributed by atoms with Crippen LogP contribution in [-0.4, -0.2) is 30.1 Å². The van der Waals surface area contributed by atoms with Crippen LogP contribution in [0, 0.1) is 12.8 Å². The number of hydrogen-bond acceptors (Lipinski definition) is 3. The van der Waals surface area contributed by atoms with Crippen LogP contribution in [0.3, 0.4) is 0 Å². The molecule has 0 aliphatic carbocycles. The van der Waals surface area contributed by atoms with Crippen molar-refractivity contribution in [3.05, 3.63) is 29.3 Å². The molecule has 1 fully saturated rings. The lowest BCUT2D eigenvalue weighted by molar-refractivity contribution is -0.137. The first-order chi connectivity index (χ1) is 9.47. The Morgan fingerprint density at radius 1 is 1.45 bits per heavy atom. The summed E-state index contributed by atoms with van der Waals surface area (Å²) in [5.41, 5.74) is 7.80. The minimum absolute atomic E-state index is 0.234. The lowest BCUT2D eigenvalue weighted by atomic mass is 10.0. The number of aliphatic carboxylic acids is 1. The normalized spacial score (nSPS) is 18.2. The van der Waals surface area contributed by atoms with Gasteiger partial charge in [-0.15, -0.1) is 0 Å². The molecule has 1 amide bonds. The number of nitrogens with zero attached hydrogens (tertiary/aromatic N) is 1. The molecule has 2 rings (SSSR count). The Bertz CT molecular complexity index is 528. The summed E-state index contributed by atoms with van der Waals surface area (Å²) in [4.78, 5) is 24.0. The van der Waals surface area contributed by atoms with Gasteiger partial charge in [0.2, 0.25) is 5.91 Å². The molecule has 0 spiro atoms. The van der Waals surface area contributed by atoms with Crippen LogP contribution >= 0.6 is 0 Å². The average molecular weight is 276 g/mol. The molecule has 1 saturated heterocycles. The second-order valence-corrected chi connectivity index (χ2v) is 5.40. The SMILES string of the molecule is Cc1cc(N2CCC(CCC(=O)O)C2)ccc1C(N)=O. The van der Waals surface area contributed by atoms with Gasteiger partial charge < -0.3 is 15.7 Å². The van der Waals surface area contributed by atoms with E-state index in [-0.39, 0.29) is 6.42 Å². The van der Waals surface area contributed by atoms with Crippen LogP contribution in [0.4, 0.5) is 5.69 Å². The van der Waals surface area contributed by atoms with E-state index >= 15 is 0 Å².